The Kier molecular flexibility index (Phi) is 37.9. The van der Waals surface area contributed by atoms with E-state index < -0.39 is 6.10 Å². The van der Waals surface area contributed by atoms with E-state index in [9.17, 15) is 14.4 Å². The molecular formula is C43H82O6. The molecule has 0 amide bonds. The smallest absolute Gasteiger partial charge is 0.306 e. The van der Waals surface area contributed by atoms with Gasteiger partial charge in [0, 0.05) is 19.3 Å². The van der Waals surface area contributed by atoms with Crippen LogP contribution in [0, 0.1) is 0 Å². The molecule has 49 heavy (non-hydrogen) atoms. The first-order chi connectivity index (χ1) is 24.0. The minimum Gasteiger partial charge on any atom is -0.462 e. The van der Waals surface area contributed by atoms with Gasteiger partial charge >= 0.3 is 17.9 Å². The van der Waals surface area contributed by atoms with Crippen molar-refractivity contribution in [3.63, 3.8) is 0 Å². The third kappa shape index (κ3) is 37.5. The van der Waals surface area contributed by atoms with Gasteiger partial charge in [0.05, 0.1) is 0 Å². The van der Waals surface area contributed by atoms with E-state index in [4.69, 9.17) is 14.2 Å². The largest absolute Gasteiger partial charge is 0.462 e. The van der Waals surface area contributed by atoms with E-state index in [1.807, 2.05) is 0 Å². The van der Waals surface area contributed by atoms with E-state index in [1.54, 1.807) is 0 Å². The number of carbonyl (C=O) groups is 3. The van der Waals surface area contributed by atoms with Crippen LogP contribution in [0.2, 0.25) is 0 Å². The summed E-state index contributed by atoms with van der Waals surface area (Å²) in [5.41, 5.74) is 0. The number of unbranched alkanes of at least 4 members (excludes halogenated alkanes) is 28. The Bertz CT molecular complexity index is 723. The van der Waals surface area contributed by atoms with Crippen molar-refractivity contribution >= 4 is 17.9 Å². The molecule has 0 N–H and O–H groups in total. The number of hydrogen-bond acceptors (Lipinski definition) is 6. The van der Waals surface area contributed by atoms with Crippen LogP contribution in [0.1, 0.15) is 239 Å². The fraction of sp³-hybridized carbons (Fsp3) is 0.930. The molecule has 0 spiro atoms. The van der Waals surface area contributed by atoms with Crippen LogP contribution in [0.25, 0.3) is 0 Å². The summed E-state index contributed by atoms with van der Waals surface area (Å²) in [7, 11) is 0. The van der Waals surface area contributed by atoms with Crippen molar-refractivity contribution in [3.05, 3.63) is 0 Å². The van der Waals surface area contributed by atoms with Gasteiger partial charge in [-0.25, -0.2) is 0 Å². The second kappa shape index (κ2) is 39.2. The normalized spacial score (nSPS) is 11.8. The van der Waals surface area contributed by atoms with Gasteiger partial charge in [-0.05, 0) is 19.3 Å². The van der Waals surface area contributed by atoms with E-state index in [0.29, 0.717) is 19.3 Å². The number of carbonyl (C=O) groups excluding carboxylic acids is 3. The van der Waals surface area contributed by atoms with Crippen molar-refractivity contribution in [1.29, 1.82) is 0 Å². The predicted molar refractivity (Wildman–Crippen MR) is 206 cm³/mol. The highest BCUT2D eigenvalue weighted by Gasteiger charge is 2.19. The van der Waals surface area contributed by atoms with Gasteiger partial charge in [0.15, 0.2) is 6.10 Å². The molecule has 0 aliphatic rings. The van der Waals surface area contributed by atoms with Gasteiger partial charge in [0.2, 0.25) is 0 Å². The zero-order chi connectivity index (χ0) is 35.9. The minimum absolute atomic E-state index is 0.0641. The van der Waals surface area contributed by atoms with Crippen LogP contribution in [0.15, 0.2) is 0 Å². The Hall–Kier alpha value is -1.59. The number of esters is 3. The highest BCUT2D eigenvalue weighted by Crippen LogP contribution is 2.15. The van der Waals surface area contributed by atoms with E-state index >= 15 is 0 Å². The fourth-order valence-corrected chi connectivity index (χ4v) is 6.32. The number of hydrogen-bond donors (Lipinski definition) is 0. The van der Waals surface area contributed by atoms with Crippen LogP contribution in [0.3, 0.4) is 0 Å². The Morgan fingerprint density at radius 2 is 0.551 bits per heavy atom. The average Bonchev–Trinajstić information content (AvgIpc) is 3.09. The molecule has 1 atom stereocenters. The number of ether oxygens (including phenoxy) is 3. The third-order valence-electron chi connectivity index (χ3n) is 9.61. The Balaban J connectivity index is 4.18. The van der Waals surface area contributed by atoms with Gasteiger partial charge in [-0.15, -0.1) is 0 Å². The Morgan fingerprint density at radius 3 is 0.816 bits per heavy atom. The molecule has 0 bridgehead atoms. The molecular weight excluding hydrogens is 612 g/mol. The predicted octanol–water partition coefficient (Wildman–Crippen LogP) is 13.3. The monoisotopic (exact) mass is 695 g/mol. The van der Waals surface area contributed by atoms with Crippen molar-refractivity contribution in [1.82, 2.24) is 0 Å². The maximum atomic E-state index is 12.6. The molecule has 0 fully saturated rings. The molecule has 0 aromatic heterocycles. The zero-order valence-electron chi connectivity index (χ0n) is 33.0. The summed E-state index contributed by atoms with van der Waals surface area (Å²) in [6.45, 7) is 6.56. The van der Waals surface area contributed by atoms with Crippen LogP contribution in [0.4, 0.5) is 0 Å². The van der Waals surface area contributed by atoms with Crippen molar-refractivity contribution in [2.45, 2.75) is 245 Å². The van der Waals surface area contributed by atoms with E-state index in [-0.39, 0.29) is 31.1 Å². The maximum Gasteiger partial charge on any atom is 0.306 e. The highest BCUT2D eigenvalue weighted by molar-refractivity contribution is 5.71. The van der Waals surface area contributed by atoms with Gasteiger partial charge in [-0.1, -0.05) is 201 Å². The molecule has 0 rings (SSSR count). The lowest BCUT2D eigenvalue weighted by Gasteiger charge is -2.18. The number of rotatable bonds is 39. The van der Waals surface area contributed by atoms with Gasteiger partial charge in [0.25, 0.3) is 0 Å². The first kappa shape index (κ1) is 47.4. The Labute approximate surface area is 304 Å². The van der Waals surface area contributed by atoms with Crippen LogP contribution in [0.5, 0.6) is 0 Å². The van der Waals surface area contributed by atoms with E-state index in [0.717, 1.165) is 64.2 Å². The van der Waals surface area contributed by atoms with E-state index in [1.165, 1.54) is 135 Å². The lowest BCUT2D eigenvalue weighted by atomic mass is 10.0. The van der Waals surface area contributed by atoms with Crippen LogP contribution in [-0.2, 0) is 28.6 Å². The molecule has 290 valence electrons. The molecule has 0 aliphatic heterocycles. The topological polar surface area (TPSA) is 78.9 Å². The highest BCUT2D eigenvalue weighted by atomic mass is 16.6. The van der Waals surface area contributed by atoms with Crippen molar-refractivity contribution in [2.24, 2.45) is 0 Å². The molecule has 0 radical (unpaired) electrons. The minimum atomic E-state index is -0.755. The van der Waals surface area contributed by atoms with Crippen LogP contribution < -0.4 is 0 Å². The first-order valence-electron chi connectivity index (χ1n) is 21.5. The van der Waals surface area contributed by atoms with Crippen molar-refractivity contribution in [3.8, 4) is 0 Å². The van der Waals surface area contributed by atoms with Gasteiger partial charge in [-0.3, -0.25) is 14.4 Å². The quantitative estimate of drug-likeness (QED) is 0.0362. The van der Waals surface area contributed by atoms with Crippen molar-refractivity contribution in [2.75, 3.05) is 13.2 Å². The summed E-state index contributed by atoms with van der Waals surface area (Å²) in [4.78, 5) is 37.3. The summed E-state index contributed by atoms with van der Waals surface area (Å²) in [5.74, 6) is -0.870. The molecule has 0 aromatic carbocycles. The zero-order valence-corrected chi connectivity index (χ0v) is 33.0. The van der Waals surface area contributed by atoms with Crippen LogP contribution >= 0.6 is 0 Å². The standard InChI is InChI=1S/C43H82O6/c1-4-7-10-13-15-17-19-20-21-22-24-25-27-30-33-36-42(45)48-39-40(38-47-41(44)35-32-29-12-9-6-3)49-43(46)37-34-31-28-26-23-18-16-14-11-8-5-2/h40H,4-39H2,1-3H3/t40-/m0/s1. The Morgan fingerprint density at radius 1 is 0.327 bits per heavy atom. The lowest BCUT2D eigenvalue weighted by molar-refractivity contribution is -0.167. The fourth-order valence-electron chi connectivity index (χ4n) is 6.32. The summed E-state index contributed by atoms with van der Waals surface area (Å²) < 4.78 is 16.6. The summed E-state index contributed by atoms with van der Waals surface area (Å²) in [6, 6.07) is 0. The van der Waals surface area contributed by atoms with Crippen LogP contribution in [-0.4, -0.2) is 37.2 Å². The third-order valence-corrected chi connectivity index (χ3v) is 9.61. The average molecular weight is 695 g/mol. The molecule has 0 aliphatic carbocycles. The van der Waals surface area contributed by atoms with Gasteiger partial charge in [-0.2, -0.15) is 0 Å². The second-order valence-electron chi connectivity index (χ2n) is 14.6. The lowest BCUT2D eigenvalue weighted by Crippen LogP contribution is -2.30. The SMILES string of the molecule is CCCCCCCCCCCCCCCCCC(=O)OC[C@H](COC(=O)CCCCCCC)OC(=O)CCCCCCCCCCCCC. The van der Waals surface area contributed by atoms with Gasteiger partial charge < -0.3 is 14.2 Å². The summed E-state index contributed by atoms with van der Waals surface area (Å²) >= 11 is 0. The van der Waals surface area contributed by atoms with Gasteiger partial charge in [0.1, 0.15) is 13.2 Å². The molecule has 6 nitrogen and oxygen atoms in total. The molecule has 0 aromatic rings. The maximum absolute atomic E-state index is 12.6. The molecule has 0 heterocycles. The first-order valence-corrected chi connectivity index (χ1v) is 21.5. The second-order valence-corrected chi connectivity index (χ2v) is 14.6. The molecule has 6 heteroatoms. The summed E-state index contributed by atoms with van der Waals surface area (Å²) in [5, 5.41) is 0. The summed E-state index contributed by atoms with van der Waals surface area (Å²) in [6.07, 6.45) is 38.2. The molecule has 0 saturated heterocycles. The molecule has 0 unspecified atom stereocenters. The van der Waals surface area contributed by atoms with E-state index in [2.05, 4.69) is 20.8 Å². The molecule has 0 saturated carbocycles. The van der Waals surface area contributed by atoms with Crippen molar-refractivity contribution < 1.29 is 28.6 Å².